The van der Waals surface area contributed by atoms with E-state index in [2.05, 4.69) is 9.98 Å². The van der Waals surface area contributed by atoms with E-state index in [0.717, 1.165) is 0 Å². The van der Waals surface area contributed by atoms with Crippen LogP contribution in [-0.2, 0) is 9.53 Å². The lowest BCUT2D eigenvalue weighted by Crippen LogP contribution is -2.17. The molecule has 0 amide bonds. The van der Waals surface area contributed by atoms with Gasteiger partial charge in [0.15, 0.2) is 5.92 Å². The first kappa shape index (κ1) is 14.6. The molecule has 6 nitrogen and oxygen atoms in total. The zero-order chi connectivity index (χ0) is 14.1. The molecule has 1 aromatic heterocycles. The van der Waals surface area contributed by atoms with Gasteiger partial charge in [-0.1, -0.05) is 0 Å². The Morgan fingerprint density at radius 2 is 2.32 bits per heavy atom. The Labute approximate surface area is 111 Å². The van der Waals surface area contributed by atoms with Crippen LogP contribution in [0.3, 0.4) is 0 Å². The van der Waals surface area contributed by atoms with Crippen molar-refractivity contribution in [1.29, 1.82) is 5.26 Å². The van der Waals surface area contributed by atoms with E-state index < -0.39 is 11.9 Å². The zero-order valence-corrected chi connectivity index (χ0v) is 10.9. The van der Waals surface area contributed by atoms with Crippen molar-refractivity contribution in [3.05, 3.63) is 18.3 Å². The van der Waals surface area contributed by atoms with Crippen molar-refractivity contribution in [2.45, 2.75) is 13.8 Å². The third-order valence-corrected chi connectivity index (χ3v) is 2.07. The van der Waals surface area contributed by atoms with E-state index in [1.54, 1.807) is 19.1 Å². The first-order chi connectivity index (χ1) is 9.21. The predicted molar refractivity (Wildman–Crippen MR) is 69.3 cm³/mol. The lowest BCUT2D eigenvalue weighted by molar-refractivity contribution is -0.143. The number of hydrogen-bond donors (Lipinski definition) is 0. The summed E-state index contributed by atoms with van der Waals surface area (Å²) in [6, 6.07) is 5.18. The van der Waals surface area contributed by atoms with Gasteiger partial charge in [0.1, 0.15) is 0 Å². The highest BCUT2D eigenvalue weighted by Crippen LogP contribution is 2.14. The largest absolute Gasteiger partial charge is 0.478 e. The smallest absolute Gasteiger partial charge is 0.328 e. The summed E-state index contributed by atoms with van der Waals surface area (Å²) in [6.07, 6.45) is 2.75. The van der Waals surface area contributed by atoms with Crippen LogP contribution in [0.1, 0.15) is 13.8 Å². The average Bonchev–Trinajstić information content (AvgIpc) is 2.42. The number of nitriles is 1. The maximum absolute atomic E-state index is 11.4. The van der Waals surface area contributed by atoms with Gasteiger partial charge in [0.25, 0.3) is 0 Å². The maximum Gasteiger partial charge on any atom is 0.328 e. The van der Waals surface area contributed by atoms with Crippen molar-refractivity contribution in [3.8, 4) is 11.9 Å². The molecule has 0 aliphatic heterocycles. The Balaban J connectivity index is 2.69. The molecule has 1 rings (SSSR count). The van der Waals surface area contributed by atoms with Crippen LogP contribution in [0.5, 0.6) is 5.88 Å². The minimum Gasteiger partial charge on any atom is -0.478 e. The van der Waals surface area contributed by atoms with E-state index >= 15 is 0 Å². The zero-order valence-electron chi connectivity index (χ0n) is 10.9. The number of carbonyl (C=O) groups excluding carboxylic acids is 1. The molecular formula is C13H15N3O3. The second kappa shape index (κ2) is 7.82. The topological polar surface area (TPSA) is 84.6 Å². The van der Waals surface area contributed by atoms with Crippen molar-refractivity contribution in [2.75, 3.05) is 13.2 Å². The van der Waals surface area contributed by atoms with Gasteiger partial charge < -0.3 is 9.47 Å². The Kier molecular flexibility index (Phi) is 6.03. The second-order valence-corrected chi connectivity index (χ2v) is 3.42. The first-order valence-electron chi connectivity index (χ1n) is 5.90. The number of esters is 1. The van der Waals surface area contributed by atoms with Crippen LogP contribution >= 0.6 is 0 Å². The summed E-state index contributed by atoms with van der Waals surface area (Å²) in [5.41, 5.74) is 0.535. The molecule has 0 aliphatic rings. The summed E-state index contributed by atoms with van der Waals surface area (Å²) < 4.78 is 9.93. The second-order valence-electron chi connectivity index (χ2n) is 3.42. The van der Waals surface area contributed by atoms with E-state index in [4.69, 9.17) is 14.7 Å². The molecule has 0 N–H and O–H groups in total. The molecule has 0 spiro atoms. The Hall–Kier alpha value is -2.42. The molecule has 6 heteroatoms. The van der Waals surface area contributed by atoms with Gasteiger partial charge in [0.2, 0.25) is 5.88 Å². The van der Waals surface area contributed by atoms with E-state index in [1.165, 1.54) is 12.4 Å². The molecule has 1 aromatic rings. The quantitative estimate of drug-likeness (QED) is 0.576. The molecule has 0 radical (unpaired) electrons. The summed E-state index contributed by atoms with van der Waals surface area (Å²) in [5, 5.41) is 8.84. The molecule has 100 valence electrons. The standard InChI is InChI=1S/C13H15N3O3/c1-3-18-12-6-5-11(9-16-12)15-8-10(7-14)13(17)19-4-2/h5-6,8-10H,3-4H2,1-2H3. The monoisotopic (exact) mass is 261 g/mol. The Bertz CT molecular complexity index is 477. The number of aromatic nitrogens is 1. The number of carbonyl (C=O) groups is 1. The van der Waals surface area contributed by atoms with Crippen LogP contribution in [0.4, 0.5) is 5.69 Å². The van der Waals surface area contributed by atoms with E-state index in [0.29, 0.717) is 18.2 Å². The van der Waals surface area contributed by atoms with Crippen LogP contribution < -0.4 is 4.74 Å². The third-order valence-electron chi connectivity index (χ3n) is 2.07. The van der Waals surface area contributed by atoms with Gasteiger partial charge in [0.05, 0.1) is 31.2 Å². The number of pyridine rings is 1. The van der Waals surface area contributed by atoms with Gasteiger partial charge >= 0.3 is 5.97 Å². The van der Waals surface area contributed by atoms with Crippen LogP contribution in [0.25, 0.3) is 0 Å². The van der Waals surface area contributed by atoms with Crippen molar-refractivity contribution < 1.29 is 14.3 Å². The number of hydrogen-bond acceptors (Lipinski definition) is 6. The van der Waals surface area contributed by atoms with Gasteiger partial charge in [0, 0.05) is 12.3 Å². The summed E-state index contributed by atoms with van der Waals surface area (Å²) in [6.45, 7) is 4.31. The molecule has 1 heterocycles. The lowest BCUT2D eigenvalue weighted by atomic mass is 10.2. The van der Waals surface area contributed by atoms with Crippen molar-refractivity contribution in [2.24, 2.45) is 10.9 Å². The van der Waals surface area contributed by atoms with Crippen LogP contribution in [0, 0.1) is 17.2 Å². The SMILES string of the molecule is CCOC(=O)C(C#N)C=Nc1ccc(OCC)nc1. The first-order valence-corrected chi connectivity index (χ1v) is 5.90. The number of rotatable bonds is 6. The summed E-state index contributed by atoms with van der Waals surface area (Å²) in [7, 11) is 0. The molecule has 0 saturated carbocycles. The van der Waals surface area contributed by atoms with Crippen LogP contribution in [0.2, 0.25) is 0 Å². The van der Waals surface area contributed by atoms with E-state index in [-0.39, 0.29) is 6.61 Å². The lowest BCUT2D eigenvalue weighted by Gasteiger charge is -2.03. The predicted octanol–water partition coefficient (Wildman–Crippen LogP) is 1.89. The van der Waals surface area contributed by atoms with Crippen molar-refractivity contribution in [3.63, 3.8) is 0 Å². The molecular weight excluding hydrogens is 246 g/mol. The fourth-order valence-corrected chi connectivity index (χ4v) is 1.22. The Morgan fingerprint density at radius 1 is 1.53 bits per heavy atom. The summed E-state index contributed by atoms with van der Waals surface area (Å²) in [5.74, 6) is -1.11. The maximum atomic E-state index is 11.4. The van der Waals surface area contributed by atoms with Crippen LogP contribution in [-0.4, -0.2) is 30.4 Å². The van der Waals surface area contributed by atoms with E-state index in [1.807, 2.05) is 13.0 Å². The minimum absolute atomic E-state index is 0.232. The van der Waals surface area contributed by atoms with E-state index in [9.17, 15) is 4.79 Å². The highest BCUT2D eigenvalue weighted by molar-refractivity contribution is 5.93. The summed E-state index contributed by atoms with van der Waals surface area (Å²) in [4.78, 5) is 19.4. The van der Waals surface area contributed by atoms with Gasteiger partial charge in [-0.15, -0.1) is 0 Å². The molecule has 1 atom stereocenters. The fourth-order valence-electron chi connectivity index (χ4n) is 1.22. The third kappa shape index (κ3) is 4.76. The normalized spacial score (nSPS) is 11.8. The molecule has 0 aliphatic carbocycles. The Morgan fingerprint density at radius 3 is 2.84 bits per heavy atom. The summed E-state index contributed by atoms with van der Waals surface area (Å²) >= 11 is 0. The van der Waals surface area contributed by atoms with Crippen LogP contribution in [0.15, 0.2) is 23.3 Å². The molecule has 0 fully saturated rings. The highest BCUT2D eigenvalue weighted by Gasteiger charge is 2.16. The van der Waals surface area contributed by atoms with Crippen molar-refractivity contribution in [1.82, 2.24) is 4.98 Å². The molecule has 0 aromatic carbocycles. The average molecular weight is 261 g/mol. The van der Waals surface area contributed by atoms with Gasteiger partial charge in [-0.3, -0.25) is 9.79 Å². The molecule has 1 unspecified atom stereocenters. The molecule has 19 heavy (non-hydrogen) atoms. The van der Waals surface area contributed by atoms with Gasteiger partial charge in [-0.2, -0.15) is 5.26 Å². The molecule has 0 saturated heterocycles. The van der Waals surface area contributed by atoms with Gasteiger partial charge in [-0.25, -0.2) is 4.98 Å². The number of ether oxygens (including phenoxy) is 2. The highest BCUT2D eigenvalue weighted by atomic mass is 16.5. The minimum atomic E-state index is -1.01. The van der Waals surface area contributed by atoms with Gasteiger partial charge in [-0.05, 0) is 19.9 Å². The van der Waals surface area contributed by atoms with Crippen molar-refractivity contribution >= 4 is 17.9 Å². The molecule has 0 bridgehead atoms. The number of aliphatic imine (C=N–C) groups is 1. The number of nitrogens with zero attached hydrogens (tertiary/aromatic N) is 3. The fraction of sp³-hybridized carbons (Fsp3) is 0.385.